The Morgan fingerprint density at radius 2 is 1.80 bits per heavy atom. The minimum atomic E-state index is -0.227. The molecule has 9 nitrogen and oxygen atoms in total. The van der Waals surface area contributed by atoms with Gasteiger partial charge in [0, 0.05) is 28.7 Å². The number of hydrogen-bond acceptors (Lipinski definition) is 8. The third-order valence-electron chi connectivity index (χ3n) is 4.38. The number of methoxy groups -OCH3 is 3. The van der Waals surface area contributed by atoms with Crippen LogP contribution in [0.2, 0.25) is 0 Å². The summed E-state index contributed by atoms with van der Waals surface area (Å²) in [5.41, 5.74) is 2.81. The van der Waals surface area contributed by atoms with Gasteiger partial charge in [0.15, 0.2) is 17.1 Å². The number of rotatable bonds is 7. The van der Waals surface area contributed by atoms with E-state index in [9.17, 15) is 4.79 Å². The summed E-state index contributed by atoms with van der Waals surface area (Å²) in [4.78, 5) is 20.1. The normalized spacial score (nSPS) is 10.9. The van der Waals surface area contributed by atoms with Gasteiger partial charge < -0.3 is 24.5 Å². The molecule has 1 amide bonds. The number of para-hydroxylation sites is 1. The summed E-state index contributed by atoms with van der Waals surface area (Å²) >= 11 is 1.20. The van der Waals surface area contributed by atoms with Gasteiger partial charge in [-0.25, -0.2) is 4.98 Å². The summed E-state index contributed by atoms with van der Waals surface area (Å²) in [7, 11) is 4.56. The van der Waals surface area contributed by atoms with Crippen LogP contribution in [0.25, 0.3) is 22.1 Å². The van der Waals surface area contributed by atoms with Crippen molar-refractivity contribution in [3.05, 3.63) is 36.4 Å². The summed E-state index contributed by atoms with van der Waals surface area (Å²) in [6.45, 7) is 0. The zero-order valence-corrected chi connectivity index (χ0v) is 17.4. The minimum Gasteiger partial charge on any atom is -0.493 e. The Labute approximate surface area is 176 Å². The van der Waals surface area contributed by atoms with Crippen molar-refractivity contribution in [2.24, 2.45) is 0 Å². The number of amides is 1. The fourth-order valence-electron chi connectivity index (χ4n) is 3.05. The Kier molecular flexibility index (Phi) is 5.57. The monoisotopic (exact) mass is 425 g/mol. The second-order valence-corrected chi connectivity index (χ2v) is 7.16. The van der Waals surface area contributed by atoms with E-state index in [0.717, 1.165) is 10.9 Å². The van der Waals surface area contributed by atoms with E-state index in [-0.39, 0.29) is 11.7 Å². The van der Waals surface area contributed by atoms with Crippen molar-refractivity contribution >= 4 is 45.4 Å². The van der Waals surface area contributed by atoms with Crippen molar-refractivity contribution in [2.75, 3.05) is 32.4 Å². The first-order valence-electron chi connectivity index (χ1n) is 8.96. The third-order valence-corrected chi connectivity index (χ3v) is 5.22. The molecule has 0 unspecified atom stereocenters. The molecule has 0 aliphatic rings. The lowest BCUT2D eigenvalue weighted by atomic mass is 10.2. The molecule has 10 heteroatoms. The molecule has 0 atom stereocenters. The maximum Gasteiger partial charge on any atom is 0.234 e. The summed E-state index contributed by atoms with van der Waals surface area (Å²) in [6, 6.07) is 11.1. The molecule has 2 heterocycles. The molecule has 2 N–H and O–H groups in total. The van der Waals surface area contributed by atoms with Crippen molar-refractivity contribution in [3.8, 4) is 17.2 Å². The van der Waals surface area contributed by atoms with E-state index < -0.39 is 0 Å². The number of ether oxygens (including phenoxy) is 3. The Balaban J connectivity index is 1.46. The molecule has 154 valence electrons. The molecule has 2 aromatic carbocycles. The van der Waals surface area contributed by atoms with Gasteiger partial charge in [-0.2, -0.15) is 0 Å². The zero-order chi connectivity index (χ0) is 21.1. The summed E-state index contributed by atoms with van der Waals surface area (Å²) in [5.74, 6) is 1.26. The molecule has 30 heavy (non-hydrogen) atoms. The lowest BCUT2D eigenvalue weighted by molar-refractivity contribution is -0.113. The van der Waals surface area contributed by atoms with Crippen LogP contribution in [0, 0.1) is 0 Å². The standard InChI is InChI=1S/C20H19N5O4S/c1-27-14-8-11(9-15(28-2)18(14)29-3)21-16(26)10-30-20-23-19-17(24-25-20)12-6-4-5-7-13(12)22-19/h4-9H,10H2,1-3H3,(H,21,26)(H,22,23,25). The average molecular weight is 425 g/mol. The van der Waals surface area contributed by atoms with E-state index in [0.29, 0.717) is 39.3 Å². The van der Waals surface area contributed by atoms with E-state index in [1.54, 1.807) is 12.1 Å². The van der Waals surface area contributed by atoms with Crippen LogP contribution in [0.15, 0.2) is 41.6 Å². The molecule has 0 saturated heterocycles. The Morgan fingerprint density at radius 3 is 2.50 bits per heavy atom. The number of fused-ring (bicyclic) bond motifs is 3. The van der Waals surface area contributed by atoms with Crippen molar-refractivity contribution in [1.82, 2.24) is 20.2 Å². The summed E-state index contributed by atoms with van der Waals surface area (Å²) in [6.07, 6.45) is 0. The second-order valence-electron chi connectivity index (χ2n) is 6.21. The van der Waals surface area contributed by atoms with Gasteiger partial charge in [0.1, 0.15) is 5.52 Å². The number of nitrogens with zero attached hydrogens (tertiary/aromatic N) is 3. The summed E-state index contributed by atoms with van der Waals surface area (Å²) < 4.78 is 15.9. The Hall–Kier alpha value is -3.53. The van der Waals surface area contributed by atoms with Crippen LogP contribution in [-0.2, 0) is 4.79 Å². The summed E-state index contributed by atoms with van der Waals surface area (Å²) in [5, 5.41) is 12.6. The highest BCUT2D eigenvalue weighted by molar-refractivity contribution is 7.99. The predicted octanol–water partition coefficient (Wildman–Crippen LogP) is 3.26. The first-order chi connectivity index (χ1) is 14.6. The predicted molar refractivity (Wildman–Crippen MR) is 115 cm³/mol. The smallest absolute Gasteiger partial charge is 0.234 e. The van der Waals surface area contributed by atoms with Gasteiger partial charge in [-0.3, -0.25) is 4.79 Å². The van der Waals surface area contributed by atoms with E-state index in [2.05, 4.69) is 25.5 Å². The van der Waals surface area contributed by atoms with Crippen LogP contribution >= 0.6 is 11.8 Å². The highest BCUT2D eigenvalue weighted by Crippen LogP contribution is 2.40. The largest absolute Gasteiger partial charge is 0.493 e. The molecule has 0 saturated carbocycles. The fraction of sp³-hybridized carbons (Fsp3) is 0.200. The Bertz CT molecular complexity index is 1200. The maximum absolute atomic E-state index is 12.4. The van der Waals surface area contributed by atoms with E-state index in [1.807, 2.05) is 24.3 Å². The van der Waals surface area contributed by atoms with Crippen molar-refractivity contribution in [2.45, 2.75) is 5.16 Å². The Morgan fingerprint density at radius 1 is 1.07 bits per heavy atom. The second kappa shape index (κ2) is 8.46. The van der Waals surface area contributed by atoms with Crippen LogP contribution in [0.3, 0.4) is 0 Å². The molecule has 4 aromatic rings. The van der Waals surface area contributed by atoms with E-state index >= 15 is 0 Å². The molecular formula is C20H19N5O4S. The lowest BCUT2D eigenvalue weighted by Crippen LogP contribution is -2.14. The van der Waals surface area contributed by atoms with Crippen molar-refractivity contribution in [3.63, 3.8) is 0 Å². The molecule has 0 fully saturated rings. The van der Waals surface area contributed by atoms with Gasteiger partial charge in [0.2, 0.25) is 16.8 Å². The molecule has 2 aromatic heterocycles. The van der Waals surface area contributed by atoms with Gasteiger partial charge >= 0.3 is 0 Å². The highest BCUT2D eigenvalue weighted by Gasteiger charge is 2.15. The van der Waals surface area contributed by atoms with E-state index in [4.69, 9.17) is 14.2 Å². The van der Waals surface area contributed by atoms with Crippen LogP contribution in [0.5, 0.6) is 17.2 Å². The van der Waals surface area contributed by atoms with Gasteiger partial charge in [-0.15, -0.1) is 10.2 Å². The average Bonchev–Trinajstić information content (AvgIpc) is 3.14. The third kappa shape index (κ3) is 3.81. The molecule has 0 spiro atoms. The number of anilines is 1. The first kappa shape index (κ1) is 19.8. The van der Waals surface area contributed by atoms with Crippen LogP contribution in [-0.4, -0.2) is 53.2 Å². The van der Waals surface area contributed by atoms with Crippen molar-refractivity contribution in [1.29, 1.82) is 0 Å². The van der Waals surface area contributed by atoms with Crippen molar-refractivity contribution < 1.29 is 19.0 Å². The van der Waals surface area contributed by atoms with Gasteiger partial charge in [-0.05, 0) is 6.07 Å². The topological polar surface area (TPSA) is 111 Å². The van der Waals surface area contributed by atoms with Gasteiger partial charge in [0.05, 0.1) is 27.1 Å². The number of carbonyl (C=O) groups is 1. The molecule has 0 aliphatic heterocycles. The number of aromatic amines is 1. The molecular weight excluding hydrogens is 406 g/mol. The number of H-pyrrole nitrogens is 1. The maximum atomic E-state index is 12.4. The minimum absolute atomic E-state index is 0.115. The molecule has 4 rings (SSSR count). The number of aromatic nitrogens is 4. The highest BCUT2D eigenvalue weighted by atomic mass is 32.2. The number of carbonyl (C=O) groups excluding carboxylic acids is 1. The van der Waals surface area contributed by atoms with Crippen LogP contribution in [0.1, 0.15) is 0 Å². The molecule has 0 aliphatic carbocycles. The first-order valence-corrected chi connectivity index (χ1v) is 9.95. The number of thioether (sulfide) groups is 1. The molecule has 0 bridgehead atoms. The van der Waals surface area contributed by atoms with Crippen LogP contribution < -0.4 is 19.5 Å². The zero-order valence-electron chi connectivity index (χ0n) is 16.6. The van der Waals surface area contributed by atoms with Gasteiger partial charge in [0.25, 0.3) is 0 Å². The number of nitrogens with one attached hydrogen (secondary N) is 2. The number of hydrogen-bond donors (Lipinski definition) is 2. The lowest BCUT2D eigenvalue weighted by Gasteiger charge is -2.14. The van der Waals surface area contributed by atoms with E-state index in [1.165, 1.54) is 33.1 Å². The molecule has 0 radical (unpaired) electrons. The van der Waals surface area contributed by atoms with Gasteiger partial charge in [-0.1, -0.05) is 30.0 Å². The van der Waals surface area contributed by atoms with Crippen LogP contribution in [0.4, 0.5) is 5.69 Å². The number of benzene rings is 2. The quantitative estimate of drug-likeness (QED) is 0.434. The fourth-order valence-corrected chi connectivity index (χ4v) is 3.63. The SMILES string of the molecule is COc1cc(NC(=O)CSc2nnc3c(n2)[nH]c2ccccc23)cc(OC)c1OC.